The second kappa shape index (κ2) is 11.3. The van der Waals surface area contributed by atoms with Crippen LogP contribution in [0.2, 0.25) is 0 Å². The third-order valence-corrected chi connectivity index (χ3v) is 3.72. The normalized spacial score (nSPS) is 21.1. The minimum atomic E-state index is -0.750. The molecular formula is C16H30O4. The summed E-state index contributed by atoms with van der Waals surface area (Å²) in [6, 6.07) is 0. The van der Waals surface area contributed by atoms with E-state index in [4.69, 9.17) is 19.6 Å². The minimum absolute atomic E-state index is 0.498. The number of rotatable bonds is 7. The Morgan fingerprint density at radius 2 is 1.45 bits per heavy atom. The Kier molecular flexibility index (Phi) is 9.93. The molecule has 1 rings (SSSR count). The zero-order valence-corrected chi connectivity index (χ0v) is 12.9. The summed E-state index contributed by atoms with van der Waals surface area (Å²) in [6.45, 7) is 4.17. The third-order valence-electron chi connectivity index (χ3n) is 3.72. The van der Waals surface area contributed by atoms with Gasteiger partial charge >= 0.3 is 0 Å². The van der Waals surface area contributed by atoms with Crippen molar-refractivity contribution in [2.45, 2.75) is 76.4 Å². The van der Waals surface area contributed by atoms with Crippen molar-refractivity contribution in [1.82, 2.24) is 0 Å². The third kappa shape index (κ3) is 7.39. The van der Waals surface area contributed by atoms with Gasteiger partial charge in [-0.3, -0.25) is 0 Å². The van der Waals surface area contributed by atoms with Gasteiger partial charge in [-0.2, -0.15) is 9.78 Å². The van der Waals surface area contributed by atoms with E-state index in [1.807, 2.05) is 6.08 Å². The van der Waals surface area contributed by atoms with Gasteiger partial charge in [0.25, 0.3) is 0 Å². The summed E-state index contributed by atoms with van der Waals surface area (Å²) in [5.41, 5.74) is 0. The monoisotopic (exact) mass is 286 g/mol. The van der Waals surface area contributed by atoms with Crippen LogP contribution in [0.5, 0.6) is 0 Å². The van der Waals surface area contributed by atoms with Gasteiger partial charge in [-0.25, -0.2) is 9.78 Å². The molecule has 1 aliphatic carbocycles. The highest BCUT2D eigenvalue weighted by molar-refractivity contribution is 4.69. The molecule has 0 saturated heterocycles. The first-order chi connectivity index (χ1) is 9.83. The van der Waals surface area contributed by atoms with Crippen molar-refractivity contribution in [3.8, 4) is 0 Å². The summed E-state index contributed by atoms with van der Waals surface area (Å²) in [5, 5.41) is 0. The zero-order valence-electron chi connectivity index (χ0n) is 12.9. The fourth-order valence-electron chi connectivity index (χ4n) is 2.59. The highest BCUT2D eigenvalue weighted by Crippen LogP contribution is 2.30. The standard InChI is InChI=1S/C16H30O4/c1-3-4-15-18-20-16(19-17-2)13-11-9-7-5-6-8-10-12-14-16/h3H,1,4-15H2,2H3. The van der Waals surface area contributed by atoms with Gasteiger partial charge in [-0.1, -0.05) is 44.6 Å². The number of hydrogen-bond donors (Lipinski definition) is 0. The Balaban J connectivity index is 2.51. The fraction of sp³-hybridized carbons (Fsp3) is 0.875. The Hall–Kier alpha value is -0.420. The lowest BCUT2D eigenvalue weighted by Gasteiger charge is -2.30. The molecule has 1 aliphatic rings. The first kappa shape index (κ1) is 17.6. The Morgan fingerprint density at radius 1 is 0.900 bits per heavy atom. The highest BCUT2D eigenvalue weighted by Gasteiger charge is 2.34. The van der Waals surface area contributed by atoms with Crippen LogP contribution in [0.25, 0.3) is 0 Å². The first-order valence-electron chi connectivity index (χ1n) is 7.96. The second-order valence-electron chi connectivity index (χ2n) is 5.47. The van der Waals surface area contributed by atoms with Gasteiger partial charge in [-0.05, 0) is 19.3 Å². The van der Waals surface area contributed by atoms with E-state index >= 15 is 0 Å². The predicted molar refractivity (Wildman–Crippen MR) is 78.8 cm³/mol. The molecule has 0 amide bonds. The van der Waals surface area contributed by atoms with Gasteiger partial charge in [0.05, 0.1) is 13.7 Å². The largest absolute Gasteiger partial charge is 0.237 e. The van der Waals surface area contributed by atoms with Crippen molar-refractivity contribution >= 4 is 0 Å². The summed E-state index contributed by atoms with van der Waals surface area (Å²) in [5.74, 6) is -0.750. The van der Waals surface area contributed by atoms with Crippen LogP contribution in [0.3, 0.4) is 0 Å². The van der Waals surface area contributed by atoms with E-state index in [0.717, 1.165) is 32.1 Å². The first-order valence-corrected chi connectivity index (χ1v) is 7.96. The van der Waals surface area contributed by atoms with E-state index in [9.17, 15) is 0 Å². The molecule has 20 heavy (non-hydrogen) atoms. The number of hydrogen-bond acceptors (Lipinski definition) is 4. The summed E-state index contributed by atoms with van der Waals surface area (Å²) >= 11 is 0. The van der Waals surface area contributed by atoms with Crippen LogP contribution in [0.1, 0.15) is 70.6 Å². The minimum Gasteiger partial charge on any atom is -0.237 e. The van der Waals surface area contributed by atoms with Gasteiger partial charge < -0.3 is 0 Å². The molecule has 4 heteroatoms. The van der Waals surface area contributed by atoms with E-state index in [0.29, 0.717) is 6.61 Å². The molecule has 0 atom stereocenters. The molecule has 4 nitrogen and oxygen atoms in total. The molecule has 0 aromatic heterocycles. The van der Waals surface area contributed by atoms with Gasteiger partial charge in [0.2, 0.25) is 5.79 Å². The topological polar surface area (TPSA) is 36.9 Å². The van der Waals surface area contributed by atoms with E-state index in [-0.39, 0.29) is 0 Å². The molecule has 1 saturated carbocycles. The maximum absolute atomic E-state index is 5.59. The maximum atomic E-state index is 5.59. The van der Waals surface area contributed by atoms with E-state index in [2.05, 4.69) is 6.58 Å². The van der Waals surface area contributed by atoms with Crippen molar-refractivity contribution in [3.63, 3.8) is 0 Å². The predicted octanol–water partition coefficient (Wildman–Crippen LogP) is 4.70. The maximum Gasteiger partial charge on any atom is 0.233 e. The van der Waals surface area contributed by atoms with Crippen molar-refractivity contribution in [2.75, 3.05) is 13.7 Å². The Morgan fingerprint density at radius 3 is 1.95 bits per heavy atom. The smallest absolute Gasteiger partial charge is 0.233 e. The summed E-state index contributed by atoms with van der Waals surface area (Å²) in [4.78, 5) is 21.3. The molecule has 0 radical (unpaired) electrons. The quantitative estimate of drug-likeness (QED) is 0.223. The van der Waals surface area contributed by atoms with E-state index in [1.165, 1.54) is 45.6 Å². The summed E-state index contributed by atoms with van der Waals surface area (Å²) < 4.78 is 0. The van der Waals surface area contributed by atoms with Crippen LogP contribution in [0.4, 0.5) is 0 Å². The molecular weight excluding hydrogens is 256 g/mol. The second-order valence-corrected chi connectivity index (χ2v) is 5.47. The summed E-state index contributed by atoms with van der Waals surface area (Å²) in [7, 11) is 1.53. The molecule has 0 aromatic carbocycles. The van der Waals surface area contributed by atoms with E-state index < -0.39 is 5.79 Å². The van der Waals surface area contributed by atoms with Gasteiger partial charge in [0.15, 0.2) is 0 Å². The lowest BCUT2D eigenvalue weighted by atomic mass is 10.0. The van der Waals surface area contributed by atoms with Gasteiger partial charge in [0, 0.05) is 12.8 Å². The van der Waals surface area contributed by atoms with E-state index in [1.54, 1.807) is 0 Å². The molecule has 0 heterocycles. The zero-order chi connectivity index (χ0) is 14.5. The Labute approximate surface area is 123 Å². The average molecular weight is 286 g/mol. The lowest BCUT2D eigenvalue weighted by Crippen LogP contribution is -2.36. The molecule has 0 bridgehead atoms. The molecule has 0 N–H and O–H groups in total. The molecule has 118 valence electrons. The summed E-state index contributed by atoms with van der Waals surface area (Å²) in [6.07, 6.45) is 14.1. The average Bonchev–Trinajstić information content (AvgIpc) is 2.50. The van der Waals surface area contributed by atoms with Crippen LogP contribution in [-0.4, -0.2) is 19.5 Å². The molecule has 0 aromatic rings. The van der Waals surface area contributed by atoms with Crippen molar-refractivity contribution < 1.29 is 19.6 Å². The molecule has 0 unspecified atom stereocenters. The van der Waals surface area contributed by atoms with Gasteiger partial charge in [0.1, 0.15) is 0 Å². The van der Waals surface area contributed by atoms with Crippen LogP contribution in [-0.2, 0) is 19.6 Å². The molecule has 1 fully saturated rings. The van der Waals surface area contributed by atoms with Crippen LogP contribution in [0, 0.1) is 0 Å². The van der Waals surface area contributed by atoms with Crippen molar-refractivity contribution in [2.24, 2.45) is 0 Å². The fourth-order valence-corrected chi connectivity index (χ4v) is 2.59. The lowest BCUT2D eigenvalue weighted by molar-refractivity contribution is -0.509. The molecule has 0 spiro atoms. The van der Waals surface area contributed by atoms with Crippen LogP contribution >= 0.6 is 0 Å². The highest BCUT2D eigenvalue weighted by atomic mass is 17.3. The molecule has 0 aliphatic heterocycles. The van der Waals surface area contributed by atoms with Crippen molar-refractivity contribution in [1.29, 1.82) is 0 Å². The van der Waals surface area contributed by atoms with Crippen LogP contribution < -0.4 is 0 Å². The Bertz CT molecular complexity index is 231. The SMILES string of the molecule is C=CCCOOC1(OOC)CCCCCCCCCC1. The van der Waals surface area contributed by atoms with Gasteiger partial charge in [-0.15, -0.1) is 6.58 Å². The van der Waals surface area contributed by atoms with Crippen molar-refractivity contribution in [3.05, 3.63) is 12.7 Å². The van der Waals surface area contributed by atoms with Crippen LogP contribution in [0.15, 0.2) is 12.7 Å².